The van der Waals surface area contributed by atoms with E-state index in [-0.39, 0.29) is 6.42 Å². The molecule has 0 aromatic carbocycles. The maximum atomic E-state index is 12.1. The van der Waals surface area contributed by atoms with E-state index in [9.17, 15) is 13.2 Å². The van der Waals surface area contributed by atoms with E-state index in [0.717, 1.165) is 6.08 Å². The van der Waals surface area contributed by atoms with Gasteiger partial charge in [0.05, 0.1) is 5.92 Å². The lowest BCUT2D eigenvalue weighted by atomic mass is 10.0. The molecule has 3 heteroatoms. The smallest absolute Gasteiger partial charge is 0.170 e. The van der Waals surface area contributed by atoms with Gasteiger partial charge < -0.3 is 0 Å². The zero-order valence-corrected chi connectivity index (χ0v) is 6.64. The highest BCUT2D eigenvalue weighted by Crippen LogP contribution is 2.29. The minimum Gasteiger partial charge on any atom is -0.170 e. The zero-order chi connectivity index (χ0) is 9.61. The number of hydrogen-bond donors (Lipinski definition) is 0. The van der Waals surface area contributed by atoms with Gasteiger partial charge in [-0.25, -0.2) is 0 Å². The molecule has 0 aliphatic rings. The van der Waals surface area contributed by atoms with E-state index in [1.807, 2.05) is 0 Å². The monoisotopic (exact) mass is 176 g/mol. The van der Waals surface area contributed by atoms with Crippen LogP contribution in [-0.4, -0.2) is 6.18 Å². The molecular weight excluding hydrogens is 165 g/mol. The van der Waals surface area contributed by atoms with Crippen LogP contribution >= 0.6 is 0 Å². The van der Waals surface area contributed by atoms with Gasteiger partial charge in [0.25, 0.3) is 0 Å². The fourth-order valence-electron chi connectivity index (χ4n) is 0.714. The van der Waals surface area contributed by atoms with Gasteiger partial charge in [-0.1, -0.05) is 30.9 Å². The Morgan fingerprint density at radius 2 is 1.83 bits per heavy atom. The summed E-state index contributed by atoms with van der Waals surface area (Å²) in [5.74, 6) is -1.44. The highest BCUT2D eigenvalue weighted by atomic mass is 19.4. The molecule has 0 saturated carbocycles. The Labute approximate surface area is 70.1 Å². The van der Waals surface area contributed by atoms with Crippen molar-refractivity contribution >= 4 is 0 Å². The third kappa shape index (κ3) is 4.01. The lowest BCUT2D eigenvalue weighted by molar-refractivity contribution is -0.160. The van der Waals surface area contributed by atoms with Crippen molar-refractivity contribution in [2.45, 2.75) is 12.6 Å². The molecule has 1 unspecified atom stereocenters. The second-order valence-corrected chi connectivity index (χ2v) is 2.29. The molecule has 68 valence electrons. The molecule has 12 heavy (non-hydrogen) atoms. The maximum absolute atomic E-state index is 12.1. The molecular formula is C9H11F3. The molecule has 0 radical (unpaired) electrons. The molecule has 0 saturated heterocycles. The molecule has 0 heterocycles. The SMILES string of the molecule is C=C/C=C\C(CC=C)C(F)(F)F. The number of hydrogen-bond acceptors (Lipinski definition) is 0. The summed E-state index contributed by atoms with van der Waals surface area (Å²) in [6.45, 7) is 6.56. The van der Waals surface area contributed by atoms with E-state index in [2.05, 4.69) is 13.2 Å². The van der Waals surface area contributed by atoms with E-state index in [1.165, 1.54) is 18.2 Å². The summed E-state index contributed by atoms with van der Waals surface area (Å²) in [5.41, 5.74) is 0. The van der Waals surface area contributed by atoms with Crippen LogP contribution < -0.4 is 0 Å². The minimum absolute atomic E-state index is 0.0894. The first-order valence-electron chi connectivity index (χ1n) is 3.49. The minimum atomic E-state index is -4.19. The van der Waals surface area contributed by atoms with Crippen LogP contribution in [0.15, 0.2) is 37.5 Å². The molecule has 0 rings (SSSR count). The van der Waals surface area contributed by atoms with Gasteiger partial charge in [-0.05, 0) is 6.42 Å². The Bertz CT molecular complexity index is 177. The standard InChI is InChI=1S/C9H11F3/c1-3-5-7-8(6-4-2)9(10,11)12/h3-5,7-8H,1-2,6H2/b7-5-. The summed E-state index contributed by atoms with van der Waals surface area (Å²) in [7, 11) is 0. The van der Waals surface area contributed by atoms with Crippen LogP contribution in [0.1, 0.15) is 6.42 Å². The van der Waals surface area contributed by atoms with Crippen molar-refractivity contribution in [3.05, 3.63) is 37.5 Å². The van der Waals surface area contributed by atoms with Gasteiger partial charge in [-0.3, -0.25) is 0 Å². The highest BCUT2D eigenvalue weighted by Gasteiger charge is 2.36. The summed E-state index contributed by atoms with van der Waals surface area (Å²) in [6.07, 6.45) is 0.672. The molecule has 0 nitrogen and oxygen atoms in total. The Morgan fingerprint density at radius 1 is 1.25 bits per heavy atom. The van der Waals surface area contributed by atoms with Crippen LogP contribution in [0.5, 0.6) is 0 Å². The van der Waals surface area contributed by atoms with Crippen molar-refractivity contribution in [2.24, 2.45) is 5.92 Å². The highest BCUT2D eigenvalue weighted by molar-refractivity contribution is 5.03. The molecule has 0 aromatic rings. The van der Waals surface area contributed by atoms with Gasteiger partial charge in [0.2, 0.25) is 0 Å². The second-order valence-electron chi connectivity index (χ2n) is 2.29. The van der Waals surface area contributed by atoms with Crippen molar-refractivity contribution in [1.82, 2.24) is 0 Å². The summed E-state index contributed by atoms with van der Waals surface area (Å²) < 4.78 is 36.3. The zero-order valence-electron chi connectivity index (χ0n) is 6.64. The first-order chi connectivity index (χ1) is 5.52. The lowest BCUT2D eigenvalue weighted by Crippen LogP contribution is -2.20. The van der Waals surface area contributed by atoms with Crippen LogP contribution in [-0.2, 0) is 0 Å². The quantitative estimate of drug-likeness (QED) is 0.454. The molecule has 0 N–H and O–H groups in total. The van der Waals surface area contributed by atoms with Gasteiger partial charge in [0, 0.05) is 0 Å². The van der Waals surface area contributed by atoms with Crippen molar-refractivity contribution in [3.63, 3.8) is 0 Å². The van der Waals surface area contributed by atoms with Gasteiger partial charge in [-0.2, -0.15) is 13.2 Å². The molecule has 1 atom stereocenters. The molecule has 0 spiro atoms. The Morgan fingerprint density at radius 3 is 2.17 bits per heavy atom. The maximum Gasteiger partial charge on any atom is 0.395 e. The molecule has 0 aliphatic carbocycles. The lowest BCUT2D eigenvalue weighted by Gasteiger charge is -2.13. The van der Waals surface area contributed by atoms with E-state index in [1.54, 1.807) is 0 Å². The van der Waals surface area contributed by atoms with E-state index in [4.69, 9.17) is 0 Å². The number of rotatable bonds is 4. The summed E-state index contributed by atoms with van der Waals surface area (Å²) in [6, 6.07) is 0. The normalized spacial score (nSPS) is 14.6. The molecule has 0 amide bonds. The average molecular weight is 176 g/mol. The van der Waals surface area contributed by atoms with Crippen molar-refractivity contribution in [2.75, 3.05) is 0 Å². The van der Waals surface area contributed by atoms with Gasteiger partial charge in [0.15, 0.2) is 0 Å². The van der Waals surface area contributed by atoms with Crippen LogP contribution in [0.2, 0.25) is 0 Å². The molecule has 0 aromatic heterocycles. The molecule has 0 aliphatic heterocycles. The third-order valence-corrected chi connectivity index (χ3v) is 1.32. The van der Waals surface area contributed by atoms with E-state index < -0.39 is 12.1 Å². The average Bonchev–Trinajstić information content (AvgIpc) is 1.95. The van der Waals surface area contributed by atoms with Gasteiger partial charge in [-0.15, -0.1) is 6.58 Å². The van der Waals surface area contributed by atoms with Crippen LogP contribution in [0, 0.1) is 5.92 Å². The first kappa shape index (κ1) is 11.0. The second kappa shape index (κ2) is 4.80. The number of allylic oxidation sites excluding steroid dienone is 4. The third-order valence-electron chi connectivity index (χ3n) is 1.32. The topological polar surface area (TPSA) is 0 Å². The first-order valence-corrected chi connectivity index (χ1v) is 3.49. The number of halogens is 3. The predicted molar refractivity (Wildman–Crippen MR) is 43.7 cm³/mol. The van der Waals surface area contributed by atoms with Crippen LogP contribution in [0.4, 0.5) is 13.2 Å². The fraction of sp³-hybridized carbons (Fsp3) is 0.333. The van der Waals surface area contributed by atoms with Crippen molar-refractivity contribution in [1.29, 1.82) is 0 Å². The van der Waals surface area contributed by atoms with Crippen LogP contribution in [0.25, 0.3) is 0 Å². The van der Waals surface area contributed by atoms with Gasteiger partial charge >= 0.3 is 6.18 Å². The van der Waals surface area contributed by atoms with E-state index in [0.29, 0.717) is 0 Å². The Hall–Kier alpha value is -0.990. The largest absolute Gasteiger partial charge is 0.395 e. The summed E-state index contributed by atoms with van der Waals surface area (Å²) in [4.78, 5) is 0. The summed E-state index contributed by atoms with van der Waals surface area (Å²) >= 11 is 0. The van der Waals surface area contributed by atoms with E-state index >= 15 is 0 Å². The van der Waals surface area contributed by atoms with Crippen molar-refractivity contribution < 1.29 is 13.2 Å². The Balaban J connectivity index is 4.32. The fourth-order valence-corrected chi connectivity index (χ4v) is 0.714. The molecule has 0 fully saturated rings. The molecule has 0 bridgehead atoms. The van der Waals surface area contributed by atoms with Crippen LogP contribution in [0.3, 0.4) is 0 Å². The Kier molecular flexibility index (Phi) is 4.40. The summed E-state index contributed by atoms with van der Waals surface area (Å²) in [5, 5.41) is 0. The van der Waals surface area contributed by atoms with Gasteiger partial charge in [0.1, 0.15) is 0 Å². The van der Waals surface area contributed by atoms with Crippen molar-refractivity contribution in [3.8, 4) is 0 Å². The number of alkyl halides is 3. The predicted octanol–water partition coefficient (Wildman–Crippen LogP) is 3.48.